The predicted octanol–water partition coefficient (Wildman–Crippen LogP) is 2.21. The van der Waals surface area contributed by atoms with Crippen molar-refractivity contribution >= 4 is 0 Å². The molecule has 0 fully saturated rings. The van der Waals surface area contributed by atoms with Crippen molar-refractivity contribution in [2.75, 3.05) is 26.4 Å². The Balaban J connectivity index is 2.32. The molecule has 1 rings (SSSR count). The Morgan fingerprint density at radius 2 is 1.84 bits per heavy atom. The third-order valence-corrected chi connectivity index (χ3v) is 2.91. The zero-order chi connectivity index (χ0) is 13.9. The maximum absolute atomic E-state index is 8.91. The van der Waals surface area contributed by atoms with Gasteiger partial charge in [0, 0.05) is 19.2 Å². The Kier molecular flexibility index (Phi) is 8.02. The molecule has 0 aliphatic rings. The predicted molar refractivity (Wildman–Crippen MR) is 76.9 cm³/mol. The minimum Gasteiger partial charge on any atom is -0.490 e. The van der Waals surface area contributed by atoms with Crippen LogP contribution in [-0.2, 0) is 0 Å². The van der Waals surface area contributed by atoms with E-state index < -0.39 is 0 Å². The van der Waals surface area contributed by atoms with Gasteiger partial charge in [0.15, 0.2) is 11.5 Å². The summed E-state index contributed by atoms with van der Waals surface area (Å²) in [5, 5.41) is 12.3. The van der Waals surface area contributed by atoms with Crippen molar-refractivity contribution < 1.29 is 14.6 Å². The first-order chi connectivity index (χ1) is 9.31. The van der Waals surface area contributed by atoms with Crippen molar-refractivity contribution in [2.24, 2.45) is 0 Å². The summed E-state index contributed by atoms with van der Waals surface area (Å²) < 4.78 is 11.2. The number of benzene rings is 1. The molecule has 0 amide bonds. The molecule has 0 heterocycles. The molecule has 1 atom stereocenters. The molecule has 108 valence electrons. The smallest absolute Gasteiger partial charge is 0.161 e. The molecule has 0 bridgehead atoms. The fourth-order valence-electron chi connectivity index (χ4n) is 1.87. The van der Waals surface area contributed by atoms with E-state index in [0.717, 1.165) is 30.9 Å². The third-order valence-electron chi connectivity index (χ3n) is 2.91. The summed E-state index contributed by atoms with van der Waals surface area (Å²) in [6.07, 6.45) is 1.79. The second-order valence-corrected chi connectivity index (χ2v) is 4.30. The number of hydrogen-bond acceptors (Lipinski definition) is 4. The Hall–Kier alpha value is -1.26. The lowest BCUT2D eigenvalue weighted by Gasteiger charge is -2.16. The highest BCUT2D eigenvalue weighted by molar-refractivity contribution is 5.39. The second kappa shape index (κ2) is 9.64. The maximum atomic E-state index is 8.91. The SMILES string of the molecule is CCOc1ccccc1OCCNC(CC)CCO. The van der Waals surface area contributed by atoms with Crippen LogP contribution in [0.15, 0.2) is 24.3 Å². The second-order valence-electron chi connectivity index (χ2n) is 4.30. The number of rotatable bonds is 10. The Morgan fingerprint density at radius 1 is 1.16 bits per heavy atom. The number of nitrogens with one attached hydrogen (secondary N) is 1. The van der Waals surface area contributed by atoms with Crippen LogP contribution in [0.3, 0.4) is 0 Å². The quantitative estimate of drug-likeness (QED) is 0.638. The van der Waals surface area contributed by atoms with Crippen molar-refractivity contribution in [3.8, 4) is 11.5 Å². The van der Waals surface area contributed by atoms with E-state index in [0.29, 0.717) is 19.3 Å². The molecule has 4 nitrogen and oxygen atoms in total. The molecule has 1 aromatic carbocycles. The first-order valence-electron chi connectivity index (χ1n) is 7.00. The van der Waals surface area contributed by atoms with E-state index in [1.54, 1.807) is 0 Å². The van der Waals surface area contributed by atoms with E-state index in [2.05, 4.69) is 12.2 Å². The molecular weight excluding hydrogens is 242 g/mol. The molecule has 0 radical (unpaired) electrons. The lowest BCUT2D eigenvalue weighted by Crippen LogP contribution is -2.32. The normalized spacial score (nSPS) is 12.2. The first kappa shape index (κ1) is 15.8. The molecule has 1 aromatic rings. The van der Waals surface area contributed by atoms with Crippen molar-refractivity contribution in [1.82, 2.24) is 5.32 Å². The van der Waals surface area contributed by atoms with Crippen molar-refractivity contribution in [1.29, 1.82) is 0 Å². The first-order valence-corrected chi connectivity index (χ1v) is 7.00. The third kappa shape index (κ3) is 5.94. The summed E-state index contributed by atoms with van der Waals surface area (Å²) >= 11 is 0. The highest BCUT2D eigenvalue weighted by Gasteiger charge is 2.05. The van der Waals surface area contributed by atoms with E-state index in [-0.39, 0.29) is 6.61 Å². The average molecular weight is 267 g/mol. The van der Waals surface area contributed by atoms with E-state index in [1.165, 1.54) is 0 Å². The van der Waals surface area contributed by atoms with Crippen molar-refractivity contribution in [3.05, 3.63) is 24.3 Å². The number of hydrogen-bond donors (Lipinski definition) is 2. The molecular formula is C15H25NO3. The van der Waals surface area contributed by atoms with E-state index >= 15 is 0 Å². The van der Waals surface area contributed by atoms with Crippen LogP contribution < -0.4 is 14.8 Å². The minimum absolute atomic E-state index is 0.222. The van der Waals surface area contributed by atoms with Crippen molar-refractivity contribution in [3.63, 3.8) is 0 Å². The van der Waals surface area contributed by atoms with Crippen LogP contribution in [0.5, 0.6) is 11.5 Å². The molecule has 0 spiro atoms. The molecule has 4 heteroatoms. The van der Waals surface area contributed by atoms with Crippen LogP contribution in [0.25, 0.3) is 0 Å². The monoisotopic (exact) mass is 267 g/mol. The van der Waals surface area contributed by atoms with Gasteiger partial charge < -0.3 is 19.9 Å². The van der Waals surface area contributed by atoms with Gasteiger partial charge in [0.1, 0.15) is 6.61 Å². The van der Waals surface area contributed by atoms with Gasteiger partial charge in [0.2, 0.25) is 0 Å². The lowest BCUT2D eigenvalue weighted by atomic mass is 10.1. The topological polar surface area (TPSA) is 50.7 Å². The van der Waals surface area contributed by atoms with Crippen LogP contribution in [0.2, 0.25) is 0 Å². The van der Waals surface area contributed by atoms with Crippen LogP contribution in [-0.4, -0.2) is 37.5 Å². The molecule has 0 aliphatic heterocycles. The molecule has 2 N–H and O–H groups in total. The zero-order valence-corrected chi connectivity index (χ0v) is 11.9. The Labute approximate surface area is 115 Å². The summed E-state index contributed by atoms with van der Waals surface area (Å²) in [6, 6.07) is 8.05. The largest absolute Gasteiger partial charge is 0.490 e. The van der Waals surface area contributed by atoms with E-state index in [1.807, 2.05) is 31.2 Å². The Bertz CT molecular complexity index is 344. The molecule has 0 aromatic heterocycles. The number of ether oxygens (including phenoxy) is 2. The number of para-hydroxylation sites is 2. The number of aliphatic hydroxyl groups excluding tert-OH is 1. The van der Waals surface area contributed by atoms with Gasteiger partial charge in [-0.25, -0.2) is 0 Å². The Morgan fingerprint density at radius 3 is 2.42 bits per heavy atom. The van der Waals surface area contributed by atoms with Gasteiger partial charge in [-0.15, -0.1) is 0 Å². The van der Waals surface area contributed by atoms with E-state index in [4.69, 9.17) is 14.6 Å². The lowest BCUT2D eigenvalue weighted by molar-refractivity contribution is 0.247. The van der Waals surface area contributed by atoms with Gasteiger partial charge in [-0.05, 0) is 31.9 Å². The van der Waals surface area contributed by atoms with Gasteiger partial charge >= 0.3 is 0 Å². The van der Waals surface area contributed by atoms with E-state index in [9.17, 15) is 0 Å². The summed E-state index contributed by atoms with van der Waals surface area (Å²) in [7, 11) is 0. The zero-order valence-electron chi connectivity index (χ0n) is 11.9. The highest BCUT2D eigenvalue weighted by Crippen LogP contribution is 2.25. The summed E-state index contributed by atoms with van der Waals surface area (Å²) in [5.41, 5.74) is 0. The minimum atomic E-state index is 0.222. The van der Waals surface area contributed by atoms with Crippen LogP contribution in [0.1, 0.15) is 26.7 Å². The van der Waals surface area contributed by atoms with Crippen LogP contribution in [0.4, 0.5) is 0 Å². The molecule has 1 unspecified atom stereocenters. The van der Waals surface area contributed by atoms with Crippen LogP contribution >= 0.6 is 0 Å². The summed E-state index contributed by atoms with van der Waals surface area (Å²) in [6.45, 7) is 6.27. The molecule has 0 aliphatic carbocycles. The molecule has 0 saturated carbocycles. The fourth-order valence-corrected chi connectivity index (χ4v) is 1.87. The molecule has 19 heavy (non-hydrogen) atoms. The number of aliphatic hydroxyl groups is 1. The summed E-state index contributed by atoms with van der Waals surface area (Å²) in [4.78, 5) is 0. The van der Waals surface area contributed by atoms with Gasteiger partial charge in [0.05, 0.1) is 6.61 Å². The fraction of sp³-hybridized carbons (Fsp3) is 0.600. The average Bonchev–Trinajstić information content (AvgIpc) is 2.44. The summed E-state index contributed by atoms with van der Waals surface area (Å²) in [5.74, 6) is 1.56. The van der Waals surface area contributed by atoms with Gasteiger partial charge in [0.25, 0.3) is 0 Å². The van der Waals surface area contributed by atoms with Crippen LogP contribution in [0, 0.1) is 0 Å². The van der Waals surface area contributed by atoms with Gasteiger partial charge in [-0.2, -0.15) is 0 Å². The standard InChI is InChI=1S/C15H25NO3/c1-3-13(9-11-17)16-10-12-19-15-8-6-5-7-14(15)18-4-2/h5-8,13,16-17H,3-4,9-12H2,1-2H3. The van der Waals surface area contributed by atoms with Crippen molar-refractivity contribution in [2.45, 2.75) is 32.7 Å². The highest BCUT2D eigenvalue weighted by atomic mass is 16.5. The van der Waals surface area contributed by atoms with Gasteiger partial charge in [-0.1, -0.05) is 19.1 Å². The van der Waals surface area contributed by atoms with Gasteiger partial charge in [-0.3, -0.25) is 0 Å². The molecule has 0 saturated heterocycles. The maximum Gasteiger partial charge on any atom is 0.161 e.